The van der Waals surface area contributed by atoms with Crippen molar-refractivity contribution in [3.63, 3.8) is 0 Å². The molecule has 108 valence electrons. The molecule has 0 aliphatic heterocycles. The number of hydrogen-bond donors (Lipinski definition) is 3. The van der Waals surface area contributed by atoms with E-state index >= 15 is 0 Å². The molecular formula is C12H14ClN3O4. The van der Waals surface area contributed by atoms with Crippen molar-refractivity contribution in [1.29, 1.82) is 0 Å². The van der Waals surface area contributed by atoms with Gasteiger partial charge in [-0.1, -0.05) is 11.6 Å². The maximum atomic E-state index is 11.6. The van der Waals surface area contributed by atoms with Crippen molar-refractivity contribution in [3.8, 4) is 0 Å². The Bertz CT molecular complexity index is 546. The van der Waals surface area contributed by atoms with Crippen molar-refractivity contribution in [1.82, 2.24) is 5.32 Å². The summed E-state index contributed by atoms with van der Waals surface area (Å²) < 4.78 is 0. The van der Waals surface area contributed by atoms with E-state index in [2.05, 4.69) is 10.6 Å². The van der Waals surface area contributed by atoms with Crippen LogP contribution in [-0.4, -0.2) is 28.2 Å². The van der Waals surface area contributed by atoms with E-state index in [1.165, 1.54) is 18.2 Å². The third-order valence-electron chi connectivity index (χ3n) is 3.26. The maximum absolute atomic E-state index is 11.6. The summed E-state index contributed by atoms with van der Waals surface area (Å²) in [4.78, 5) is 21.7. The number of nitro benzene ring substituents is 1. The molecule has 0 spiro atoms. The highest BCUT2D eigenvalue weighted by Gasteiger charge is 2.34. The molecule has 2 amide bonds. The second-order valence-electron chi connectivity index (χ2n) is 4.81. The molecule has 8 heteroatoms. The molecule has 1 aromatic rings. The number of anilines is 1. The molecular weight excluding hydrogens is 286 g/mol. The lowest BCUT2D eigenvalue weighted by Crippen LogP contribution is -2.48. The number of carbonyl (C=O) groups excluding carboxylic acids is 1. The van der Waals surface area contributed by atoms with Gasteiger partial charge in [0.2, 0.25) is 0 Å². The number of aliphatic hydroxyl groups is 1. The van der Waals surface area contributed by atoms with Crippen molar-refractivity contribution in [2.45, 2.75) is 24.9 Å². The second kappa shape index (κ2) is 5.64. The Morgan fingerprint density at radius 3 is 2.75 bits per heavy atom. The molecule has 1 aromatic carbocycles. The van der Waals surface area contributed by atoms with Crippen LogP contribution in [0.4, 0.5) is 16.2 Å². The first kappa shape index (κ1) is 14.5. The summed E-state index contributed by atoms with van der Waals surface area (Å²) in [5.41, 5.74) is -0.829. The molecule has 3 N–H and O–H groups in total. The monoisotopic (exact) mass is 299 g/mol. The number of nitro groups is 1. The zero-order chi connectivity index (χ0) is 14.8. The largest absolute Gasteiger partial charge is 0.388 e. The van der Waals surface area contributed by atoms with Crippen LogP contribution in [0.2, 0.25) is 5.02 Å². The Morgan fingerprint density at radius 1 is 1.50 bits per heavy atom. The molecule has 0 saturated heterocycles. The summed E-state index contributed by atoms with van der Waals surface area (Å²) in [5, 5.41) is 25.6. The number of benzene rings is 1. The van der Waals surface area contributed by atoms with Gasteiger partial charge in [-0.2, -0.15) is 0 Å². The minimum Gasteiger partial charge on any atom is -0.388 e. The van der Waals surface area contributed by atoms with Crippen LogP contribution in [0.25, 0.3) is 0 Å². The lowest BCUT2D eigenvalue weighted by molar-refractivity contribution is -0.384. The molecule has 2 rings (SSSR count). The summed E-state index contributed by atoms with van der Waals surface area (Å²) >= 11 is 5.67. The van der Waals surface area contributed by atoms with Gasteiger partial charge in [-0.05, 0) is 31.4 Å². The standard InChI is InChI=1S/C12H14ClN3O4/c13-9-3-2-8(6-10(9)16(19)20)15-11(17)14-7-12(18)4-1-5-12/h2-3,6,18H,1,4-5,7H2,(H2,14,15,17). The van der Waals surface area contributed by atoms with Crippen LogP contribution in [0.15, 0.2) is 18.2 Å². The summed E-state index contributed by atoms with van der Waals surface area (Å²) in [6.45, 7) is 0.161. The first-order valence-electron chi connectivity index (χ1n) is 6.11. The molecule has 0 heterocycles. The van der Waals surface area contributed by atoms with E-state index in [1.807, 2.05) is 0 Å². The second-order valence-corrected chi connectivity index (χ2v) is 5.22. The van der Waals surface area contributed by atoms with Gasteiger partial charge in [0.1, 0.15) is 5.02 Å². The first-order valence-corrected chi connectivity index (χ1v) is 6.49. The SMILES string of the molecule is O=C(NCC1(O)CCC1)Nc1ccc(Cl)c([N+](=O)[O-])c1. The summed E-state index contributed by atoms with van der Waals surface area (Å²) in [6, 6.07) is 3.46. The van der Waals surface area contributed by atoms with Gasteiger partial charge in [-0.15, -0.1) is 0 Å². The van der Waals surface area contributed by atoms with E-state index < -0.39 is 16.6 Å². The predicted octanol–water partition coefficient (Wildman–Crippen LogP) is 2.28. The number of rotatable bonds is 4. The van der Waals surface area contributed by atoms with Crippen LogP contribution >= 0.6 is 11.6 Å². The molecule has 1 aliphatic rings. The molecule has 0 bridgehead atoms. The fraction of sp³-hybridized carbons (Fsp3) is 0.417. The Kier molecular flexibility index (Phi) is 4.10. The van der Waals surface area contributed by atoms with E-state index in [-0.39, 0.29) is 22.9 Å². The van der Waals surface area contributed by atoms with Crippen LogP contribution in [0.5, 0.6) is 0 Å². The Morgan fingerprint density at radius 2 is 2.20 bits per heavy atom. The van der Waals surface area contributed by atoms with Crippen LogP contribution in [0.3, 0.4) is 0 Å². The molecule has 1 saturated carbocycles. The van der Waals surface area contributed by atoms with Gasteiger partial charge in [0.25, 0.3) is 5.69 Å². The van der Waals surface area contributed by atoms with Crippen LogP contribution < -0.4 is 10.6 Å². The molecule has 0 unspecified atom stereocenters. The number of halogens is 1. The lowest BCUT2D eigenvalue weighted by Gasteiger charge is -2.36. The fourth-order valence-electron chi connectivity index (χ4n) is 1.91. The minimum absolute atomic E-state index is 0.00439. The quantitative estimate of drug-likeness (QED) is 0.586. The highest BCUT2D eigenvalue weighted by Crippen LogP contribution is 2.30. The van der Waals surface area contributed by atoms with Crippen molar-refractivity contribution in [3.05, 3.63) is 33.3 Å². The third-order valence-corrected chi connectivity index (χ3v) is 3.58. The highest BCUT2D eigenvalue weighted by atomic mass is 35.5. The normalized spacial score (nSPS) is 16.1. The van der Waals surface area contributed by atoms with Gasteiger partial charge in [0.05, 0.1) is 10.5 Å². The Balaban J connectivity index is 1.94. The lowest BCUT2D eigenvalue weighted by atomic mass is 9.80. The maximum Gasteiger partial charge on any atom is 0.319 e. The molecule has 0 radical (unpaired) electrons. The number of nitrogens with one attached hydrogen (secondary N) is 2. The summed E-state index contributed by atoms with van der Waals surface area (Å²) in [7, 11) is 0. The Hall–Kier alpha value is -1.86. The first-order chi connectivity index (χ1) is 9.39. The molecule has 0 atom stereocenters. The van der Waals surface area contributed by atoms with Crippen LogP contribution in [0, 0.1) is 10.1 Å². The van der Waals surface area contributed by atoms with E-state index in [9.17, 15) is 20.0 Å². The van der Waals surface area contributed by atoms with E-state index in [1.54, 1.807) is 0 Å². The average molecular weight is 300 g/mol. The van der Waals surface area contributed by atoms with E-state index in [4.69, 9.17) is 11.6 Å². The zero-order valence-corrected chi connectivity index (χ0v) is 11.3. The van der Waals surface area contributed by atoms with Gasteiger partial charge in [0, 0.05) is 18.3 Å². The topological polar surface area (TPSA) is 104 Å². The van der Waals surface area contributed by atoms with Gasteiger partial charge in [-0.3, -0.25) is 10.1 Å². The van der Waals surface area contributed by atoms with E-state index in [0.717, 1.165) is 6.42 Å². The number of hydrogen-bond acceptors (Lipinski definition) is 4. The molecule has 7 nitrogen and oxygen atoms in total. The minimum atomic E-state index is -0.816. The van der Waals surface area contributed by atoms with Crippen molar-refractivity contribution in [2.24, 2.45) is 0 Å². The van der Waals surface area contributed by atoms with Crippen molar-refractivity contribution >= 4 is 29.0 Å². The number of amides is 2. The molecule has 0 aromatic heterocycles. The zero-order valence-electron chi connectivity index (χ0n) is 10.6. The average Bonchev–Trinajstić information content (AvgIpc) is 2.36. The summed E-state index contributed by atoms with van der Waals surface area (Å²) in [5.74, 6) is 0. The number of urea groups is 1. The van der Waals surface area contributed by atoms with Gasteiger partial charge >= 0.3 is 6.03 Å². The number of carbonyl (C=O) groups is 1. The molecule has 1 aliphatic carbocycles. The molecule has 20 heavy (non-hydrogen) atoms. The Labute approximate surface area is 120 Å². The van der Waals surface area contributed by atoms with Crippen molar-refractivity contribution < 1.29 is 14.8 Å². The van der Waals surface area contributed by atoms with Crippen LogP contribution in [0.1, 0.15) is 19.3 Å². The molecule has 1 fully saturated rings. The predicted molar refractivity (Wildman–Crippen MR) is 73.9 cm³/mol. The highest BCUT2D eigenvalue weighted by molar-refractivity contribution is 6.32. The third kappa shape index (κ3) is 3.37. The summed E-state index contributed by atoms with van der Waals surface area (Å²) in [6.07, 6.45) is 2.28. The smallest absolute Gasteiger partial charge is 0.319 e. The van der Waals surface area contributed by atoms with Gasteiger partial charge in [-0.25, -0.2) is 4.79 Å². The van der Waals surface area contributed by atoms with E-state index in [0.29, 0.717) is 12.8 Å². The van der Waals surface area contributed by atoms with Crippen molar-refractivity contribution in [2.75, 3.05) is 11.9 Å². The number of nitrogens with zero attached hydrogens (tertiary/aromatic N) is 1. The van der Waals surface area contributed by atoms with Gasteiger partial charge in [0.15, 0.2) is 0 Å². The van der Waals surface area contributed by atoms with Crippen LogP contribution in [-0.2, 0) is 0 Å². The van der Waals surface area contributed by atoms with Gasteiger partial charge < -0.3 is 15.7 Å². The fourth-order valence-corrected chi connectivity index (χ4v) is 2.10.